The maximum Gasteiger partial charge on any atom is 0.329 e. The van der Waals surface area contributed by atoms with Gasteiger partial charge in [-0.05, 0) is 5.41 Å². The van der Waals surface area contributed by atoms with Crippen LogP contribution in [-0.2, 0) is 39.0 Å². The molecule has 8 nitrogen and oxygen atoms in total. The standard InChI is InChI=1S/C27H31NO7/c1-17(29)35-27(18-13-9-7-10-14-18,19-15-11-8-12-16-19)21-20(24(31)33-5)23(30)28(21)22(25(32)34-6)26(2,3)4/h7-16,20-22H,1-6H3/t20-,21+,22+/m0/s1. The molecule has 0 saturated carbocycles. The van der Waals surface area contributed by atoms with E-state index in [1.807, 2.05) is 0 Å². The molecule has 1 aliphatic heterocycles. The molecule has 35 heavy (non-hydrogen) atoms. The van der Waals surface area contributed by atoms with Gasteiger partial charge in [0.1, 0.15) is 12.1 Å². The van der Waals surface area contributed by atoms with Crippen molar-refractivity contribution in [3.63, 3.8) is 0 Å². The maximum atomic E-state index is 13.6. The Bertz CT molecular complexity index is 1050. The van der Waals surface area contributed by atoms with Crippen molar-refractivity contribution in [2.75, 3.05) is 14.2 Å². The van der Waals surface area contributed by atoms with Gasteiger partial charge in [0, 0.05) is 18.1 Å². The van der Waals surface area contributed by atoms with Gasteiger partial charge in [-0.2, -0.15) is 0 Å². The van der Waals surface area contributed by atoms with Crippen molar-refractivity contribution in [2.45, 2.75) is 45.4 Å². The van der Waals surface area contributed by atoms with Crippen LogP contribution in [0.4, 0.5) is 0 Å². The van der Waals surface area contributed by atoms with Gasteiger partial charge in [0.05, 0.1) is 14.2 Å². The highest BCUT2D eigenvalue weighted by Gasteiger charge is 2.68. The Morgan fingerprint density at radius 2 is 1.34 bits per heavy atom. The third kappa shape index (κ3) is 4.52. The largest absolute Gasteiger partial charge is 0.468 e. The first-order chi connectivity index (χ1) is 16.5. The quantitative estimate of drug-likeness (QED) is 0.259. The van der Waals surface area contributed by atoms with Crippen LogP contribution in [0.3, 0.4) is 0 Å². The number of amides is 1. The van der Waals surface area contributed by atoms with Crippen molar-refractivity contribution >= 4 is 23.8 Å². The minimum Gasteiger partial charge on any atom is -0.468 e. The lowest BCUT2D eigenvalue weighted by Gasteiger charge is -2.58. The van der Waals surface area contributed by atoms with Crippen molar-refractivity contribution in [3.05, 3.63) is 71.8 Å². The SMILES string of the molecule is COC(=O)[C@@H]1C(=O)N([C@H](C(=O)OC)C(C)(C)C)[C@H]1C(OC(C)=O)(c1ccccc1)c1ccccc1. The normalized spacial score (nSPS) is 18.8. The van der Waals surface area contributed by atoms with Gasteiger partial charge in [-0.15, -0.1) is 0 Å². The molecule has 186 valence electrons. The summed E-state index contributed by atoms with van der Waals surface area (Å²) in [6.45, 7) is 6.65. The summed E-state index contributed by atoms with van der Waals surface area (Å²) in [7, 11) is 2.43. The molecule has 0 aromatic heterocycles. The minimum absolute atomic E-state index is 0.537. The summed E-state index contributed by atoms with van der Waals surface area (Å²) in [6.07, 6.45) is 0. The first kappa shape index (κ1) is 25.9. The monoisotopic (exact) mass is 481 g/mol. The summed E-state index contributed by atoms with van der Waals surface area (Å²) in [6, 6.07) is 15.6. The number of hydrogen-bond acceptors (Lipinski definition) is 7. The lowest BCUT2D eigenvalue weighted by atomic mass is 9.66. The van der Waals surface area contributed by atoms with Crippen molar-refractivity contribution in [1.82, 2.24) is 4.90 Å². The van der Waals surface area contributed by atoms with Gasteiger partial charge in [-0.25, -0.2) is 4.79 Å². The zero-order valence-electron chi connectivity index (χ0n) is 20.8. The summed E-state index contributed by atoms with van der Waals surface area (Å²) in [4.78, 5) is 53.4. The fraction of sp³-hybridized carbons (Fsp3) is 0.407. The van der Waals surface area contributed by atoms with Gasteiger partial charge < -0.3 is 19.1 Å². The Balaban J connectivity index is 2.40. The summed E-state index contributed by atoms with van der Waals surface area (Å²) >= 11 is 0. The maximum absolute atomic E-state index is 13.6. The van der Waals surface area contributed by atoms with Crippen molar-refractivity contribution in [3.8, 4) is 0 Å². The molecule has 3 atom stereocenters. The van der Waals surface area contributed by atoms with Crippen LogP contribution in [0, 0.1) is 11.3 Å². The Morgan fingerprint density at radius 3 is 1.71 bits per heavy atom. The molecule has 1 amide bonds. The van der Waals surface area contributed by atoms with E-state index >= 15 is 0 Å². The molecular formula is C27H31NO7. The molecule has 0 aliphatic carbocycles. The van der Waals surface area contributed by atoms with E-state index in [1.165, 1.54) is 26.0 Å². The second-order valence-electron chi connectivity index (χ2n) is 9.54. The molecule has 1 saturated heterocycles. The number of methoxy groups -OCH3 is 2. The van der Waals surface area contributed by atoms with Gasteiger partial charge in [0.2, 0.25) is 5.91 Å². The topological polar surface area (TPSA) is 99.2 Å². The van der Waals surface area contributed by atoms with Gasteiger partial charge >= 0.3 is 17.9 Å². The fourth-order valence-electron chi connectivity index (χ4n) is 4.87. The second kappa shape index (κ2) is 9.90. The van der Waals surface area contributed by atoms with Crippen LogP contribution in [0.5, 0.6) is 0 Å². The number of carbonyl (C=O) groups is 4. The highest BCUT2D eigenvalue weighted by atomic mass is 16.6. The molecule has 1 fully saturated rings. The summed E-state index contributed by atoms with van der Waals surface area (Å²) in [5.41, 5.74) is -1.30. The Kier molecular flexibility index (Phi) is 7.33. The molecule has 2 aromatic rings. The summed E-state index contributed by atoms with van der Waals surface area (Å²) < 4.78 is 16.1. The molecule has 1 heterocycles. The number of hydrogen-bond donors (Lipinski definition) is 0. The van der Waals surface area contributed by atoms with Crippen LogP contribution in [0.1, 0.15) is 38.8 Å². The number of rotatable bonds is 7. The smallest absolute Gasteiger partial charge is 0.329 e. The number of carbonyl (C=O) groups excluding carboxylic acids is 4. The van der Waals surface area contributed by atoms with Crippen molar-refractivity contribution < 1.29 is 33.4 Å². The van der Waals surface area contributed by atoms with Crippen LogP contribution in [-0.4, -0.2) is 55.0 Å². The summed E-state index contributed by atoms with van der Waals surface area (Å²) in [5, 5.41) is 0. The lowest BCUT2D eigenvalue weighted by molar-refractivity contribution is -0.208. The number of ether oxygens (including phenoxy) is 3. The van der Waals surface area contributed by atoms with Gasteiger partial charge in [-0.1, -0.05) is 81.4 Å². The molecule has 0 spiro atoms. The molecule has 0 radical (unpaired) electrons. The highest BCUT2D eigenvalue weighted by Crippen LogP contribution is 2.50. The predicted molar refractivity (Wildman–Crippen MR) is 127 cm³/mol. The average Bonchev–Trinajstić information content (AvgIpc) is 2.83. The van der Waals surface area contributed by atoms with Crippen LogP contribution in [0.15, 0.2) is 60.7 Å². The summed E-state index contributed by atoms with van der Waals surface area (Å²) in [5.74, 6) is -3.95. The molecule has 3 rings (SSSR count). The van der Waals surface area contributed by atoms with E-state index in [9.17, 15) is 19.2 Å². The molecule has 0 N–H and O–H groups in total. The Labute approximate surface area is 205 Å². The van der Waals surface area contributed by atoms with E-state index in [2.05, 4.69) is 0 Å². The van der Waals surface area contributed by atoms with E-state index in [1.54, 1.807) is 81.4 Å². The zero-order valence-corrected chi connectivity index (χ0v) is 20.8. The number of esters is 3. The molecule has 8 heteroatoms. The molecule has 1 aliphatic rings. The van der Waals surface area contributed by atoms with Crippen LogP contribution < -0.4 is 0 Å². The number of benzene rings is 2. The average molecular weight is 482 g/mol. The first-order valence-corrected chi connectivity index (χ1v) is 11.3. The Hall–Kier alpha value is -3.68. The van der Waals surface area contributed by atoms with Crippen LogP contribution in [0.25, 0.3) is 0 Å². The predicted octanol–water partition coefficient (Wildman–Crippen LogP) is 3.08. The Morgan fingerprint density at radius 1 is 0.857 bits per heavy atom. The van der Waals surface area contributed by atoms with E-state index in [0.717, 1.165) is 0 Å². The number of β-lactam (4-membered cyclic amide) rings is 1. The van der Waals surface area contributed by atoms with E-state index in [-0.39, 0.29) is 0 Å². The number of nitrogens with zero attached hydrogens (tertiary/aromatic N) is 1. The third-order valence-corrected chi connectivity index (χ3v) is 6.24. The first-order valence-electron chi connectivity index (χ1n) is 11.3. The van der Waals surface area contributed by atoms with Crippen molar-refractivity contribution in [1.29, 1.82) is 0 Å². The minimum atomic E-state index is -1.61. The van der Waals surface area contributed by atoms with Gasteiger partial charge in [0.15, 0.2) is 11.5 Å². The van der Waals surface area contributed by atoms with Crippen LogP contribution >= 0.6 is 0 Å². The highest BCUT2D eigenvalue weighted by molar-refractivity contribution is 6.06. The molecule has 2 aromatic carbocycles. The van der Waals surface area contributed by atoms with E-state index < -0.39 is 52.8 Å². The second-order valence-corrected chi connectivity index (χ2v) is 9.54. The number of likely N-dealkylation sites (tertiary alicyclic amines) is 1. The van der Waals surface area contributed by atoms with Gasteiger partial charge in [-0.3, -0.25) is 14.4 Å². The lowest BCUT2D eigenvalue weighted by Crippen LogP contribution is -2.76. The van der Waals surface area contributed by atoms with Crippen LogP contribution in [0.2, 0.25) is 0 Å². The van der Waals surface area contributed by atoms with E-state index in [4.69, 9.17) is 14.2 Å². The molecule has 0 bridgehead atoms. The molecular weight excluding hydrogens is 450 g/mol. The molecule has 0 unspecified atom stereocenters. The zero-order chi connectivity index (χ0) is 26.0. The fourth-order valence-corrected chi connectivity index (χ4v) is 4.87. The van der Waals surface area contributed by atoms with Gasteiger partial charge in [0.25, 0.3) is 0 Å². The van der Waals surface area contributed by atoms with Crippen molar-refractivity contribution in [2.24, 2.45) is 11.3 Å². The van der Waals surface area contributed by atoms with E-state index in [0.29, 0.717) is 11.1 Å². The third-order valence-electron chi connectivity index (χ3n) is 6.24.